The number of halogens is 1. The van der Waals surface area contributed by atoms with E-state index in [1.165, 1.54) is 18.2 Å². The van der Waals surface area contributed by atoms with Gasteiger partial charge in [0.05, 0.1) is 15.5 Å². The van der Waals surface area contributed by atoms with Gasteiger partial charge in [-0.15, -0.1) is 0 Å². The first-order chi connectivity index (χ1) is 13.1. The summed E-state index contributed by atoms with van der Waals surface area (Å²) in [4.78, 5) is 14.0. The number of imidazole rings is 1. The number of nitro benzene ring substituents is 1. The zero-order valence-electron chi connectivity index (χ0n) is 14.7. The predicted octanol–water partition coefficient (Wildman–Crippen LogP) is 2.49. The zero-order chi connectivity index (χ0) is 20.5. The molecule has 0 amide bonds. The minimum Gasteiger partial charge on any atom is -0.381 e. The molecule has 2 aromatic carbocycles. The van der Waals surface area contributed by atoms with Crippen molar-refractivity contribution >= 4 is 21.4 Å². The number of hydrogen-bond acceptors (Lipinski definition) is 6. The van der Waals surface area contributed by atoms with Crippen molar-refractivity contribution in [2.45, 2.75) is 18.4 Å². The largest absolute Gasteiger partial charge is 0.381 e. The van der Waals surface area contributed by atoms with Crippen LogP contribution in [0.1, 0.15) is 11.4 Å². The number of nitro groups is 1. The van der Waals surface area contributed by atoms with Gasteiger partial charge < -0.3 is 9.88 Å². The van der Waals surface area contributed by atoms with Crippen LogP contribution in [-0.2, 0) is 16.6 Å². The molecular weight excluding hydrogens is 389 g/mol. The number of nitrogens with two attached hydrogens (primary N) is 1. The van der Waals surface area contributed by atoms with E-state index in [0.29, 0.717) is 17.1 Å². The fraction of sp³-hybridized carbons (Fsp3) is 0.118. The number of nitrogens with one attached hydrogen (secondary N) is 1. The first kappa shape index (κ1) is 19.5. The Morgan fingerprint density at radius 3 is 2.61 bits per heavy atom. The number of rotatable bonds is 6. The normalized spacial score (nSPS) is 11.4. The molecule has 0 unspecified atom stereocenters. The van der Waals surface area contributed by atoms with Gasteiger partial charge in [0.1, 0.15) is 11.6 Å². The van der Waals surface area contributed by atoms with Gasteiger partial charge in [-0.3, -0.25) is 10.1 Å². The third kappa shape index (κ3) is 4.15. The topological polar surface area (TPSA) is 133 Å². The average molecular weight is 405 g/mol. The molecule has 0 aliphatic rings. The first-order valence-corrected chi connectivity index (χ1v) is 9.54. The van der Waals surface area contributed by atoms with Gasteiger partial charge in [-0.05, 0) is 30.7 Å². The Balaban J connectivity index is 1.84. The summed E-state index contributed by atoms with van der Waals surface area (Å²) in [6.07, 6.45) is 3.21. The van der Waals surface area contributed by atoms with Crippen LogP contribution in [0.15, 0.2) is 53.7 Å². The van der Waals surface area contributed by atoms with Crippen molar-refractivity contribution in [3.05, 3.63) is 76.1 Å². The van der Waals surface area contributed by atoms with E-state index in [4.69, 9.17) is 5.14 Å². The first-order valence-electron chi connectivity index (χ1n) is 8.00. The fourth-order valence-electron chi connectivity index (χ4n) is 2.65. The predicted molar refractivity (Wildman–Crippen MR) is 100 cm³/mol. The molecule has 1 heterocycles. The Morgan fingerprint density at radius 2 is 2.04 bits per heavy atom. The van der Waals surface area contributed by atoms with Gasteiger partial charge >= 0.3 is 0 Å². The van der Waals surface area contributed by atoms with Gasteiger partial charge in [0, 0.05) is 36.8 Å². The standard InChI is InChI=1S/C17H16FN5O4S/c1-11-20-4-5-22(11)17-3-2-12(6-16(17)18)10-21-13-7-14(23(24)25)9-15(8-13)28(19,26)27/h2-9,21H,10H2,1H3,(H2,19,26,27). The fourth-order valence-corrected chi connectivity index (χ4v) is 3.22. The van der Waals surface area contributed by atoms with Crippen LogP contribution in [0.25, 0.3) is 5.69 Å². The quantitative estimate of drug-likeness (QED) is 0.478. The van der Waals surface area contributed by atoms with Crippen molar-refractivity contribution in [2.24, 2.45) is 5.14 Å². The summed E-state index contributed by atoms with van der Waals surface area (Å²) >= 11 is 0. The molecule has 0 spiro atoms. The lowest BCUT2D eigenvalue weighted by molar-refractivity contribution is -0.385. The highest BCUT2D eigenvalue weighted by molar-refractivity contribution is 7.89. The van der Waals surface area contributed by atoms with Gasteiger partial charge in [0.15, 0.2) is 0 Å². The van der Waals surface area contributed by atoms with E-state index in [-0.39, 0.29) is 17.1 Å². The van der Waals surface area contributed by atoms with Crippen LogP contribution in [0.5, 0.6) is 0 Å². The molecule has 1 aromatic heterocycles. The number of non-ortho nitro benzene ring substituents is 1. The van der Waals surface area contributed by atoms with E-state index in [9.17, 15) is 22.9 Å². The summed E-state index contributed by atoms with van der Waals surface area (Å²) in [6, 6.07) is 7.82. The lowest BCUT2D eigenvalue weighted by atomic mass is 10.2. The van der Waals surface area contributed by atoms with E-state index in [0.717, 1.165) is 6.07 Å². The molecule has 3 N–H and O–H groups in total. The van der Waals surface area contributed by atoms with Crippen LogP contribution in [0.3, 0.4) is 0 Å². The van der Waals surface area contributed by atoms with Crippen molar-refractivity contribution in [1.29, 1.82) is 0 Å². The highest BCUT2D eigenvalue weighted by atomic mass is 32.2. The van der Waals surface area contributed by atoms with Crippen molar-refractivity contribution in [3.63, 3.8) is 0 Å². The molecule has 0 radical (unpaired) electrons. The molecule has 9 nitrogen and oxygen atoms in total. The second-order valence-electron chi connectivity index (χ2n) is 6.00. The third-order valence-corrected chi connectivity index (χ3v) is 4.92. The lowest BCUT2D eigenvalue weighted by Crippen LogP contribution is -2.13. The van der Waals surface area contributed by atoms with Gasteiger partial charge in [0.2, 0.25) is 10.0 Å². The van der Waals surface area contributed by atoms with Gasteiger partial charge in [-0.1, -0.05) is 6.07 Å². The summed E-state index contributed by atoms with van der Waals surface area (Å²) in [5.41, 5.74) is 0.646. The smallest absolute Gasteiger partial charge is 0.272 e. The van der Waals surface area contributed by atoms with Crippen molar-refractivity contribution in [3.8, 4) is 5.69 Å². The van der Waals surface area contributed by atoms with E-state index >= 15 is 0 Å². The van der Waals surface area contributed by atoms with E-state index in [2.05, 4.69) is 10.3 Å². The molecule has 3 rings (SSSR count). The monoisotopic (exact) mass is 405 g/mol. The molecule has 0 aliphatic carbocycles. The molecule has 0 bridgehead atoms. The maximum atomic E-state index is 14.4. The number of aryl methyl sites for hydroxylation is 1. The number of primary sulfonamides is 1. The second kappa shape index (κ2) is 7.37. The minimum absolute atomic E-state index is 0.116. The number of aromatic nitrogens is 2. The zero-order valence-corrected chi connectivity index (χ0v) is 15.5. The van der Waals surface area contributed by atoms with Gasteiger partial charge in [-0.25, -0.2) is 22.9 Å². The molecule has 0 saturated heterocycles. The molecule has 0 atom stereocenters. The summed E-state index contributed by atoms with van der Waals surface area (Å²) in [5, 5.41) is 18.9. The summed E-state index contributed by atoms with van der Waals surface area (Å²) in [6.45, 7) is 1.87. The Labute approximate surface area is 159 Å². The van der Waals surface area contributed by atoms with E-state index in [1.807, 2.05) is 0 Å². The molecule has 0 aliphatic heterocycles. The summed E-state index contributed by atoms with van der Waals surface area (Å²) in [5.74, 6) is 0.168. The Bertz CT molecular complexity index is 1160. The number of nitrogens with zero attached hydrogens (tertiary/aromatic N) is 3. The molecule has 28 heavy (non-hydrogen) atoms. The molecule has 11 heteroatoms. The van der Waals surface area contributed by atoms with Crippen molar-refractivity contribution in [1.82, 2.24) is 9.55 Å². The average Bonchev–Trinajstić information content (AvgIpc) is 3.04. The number of benzene rings is 2. The van der Waals surface area contributed by atoms with Crippen LogP contribution in [0.2, 0.25) is 0 Å². The Kier molecular flexibility index (Phi) is 5.12. The number of hydrogen-bond donors (Lipinski definition) is 2. The van der Waals surface area contributed by atoms with E-state index < -0.39 is 26.5 Å². The summed E-state index contributed by atoms with van der Waals surface area (Å²) in [7, 11) is -4.12. The lowest BCUT2D eigenvalue weighted by Gasteiger charge is -2.11. The summed E-state index contributed by atoms with van der Waals surface area (Å²) < 4.78 is 39.1. The molecular formula is C17H16FN5O4S. The van der Waals surface area contributed by atoms with E-state index in [1.54, 1.807) is 36.0 Å². The molecule has 146 valence electrons. The molecule has 0 fully saturated rings. The Morgan fingerprint density at radius 1 is 1.29 bits per heavy atom. The second-order valence-corrected chi connectivity index (χ2v) is 7.56. The van der Waals surface area contributed by atoms with Crippen LogP contribution in [-0.4, -0.2) is 22.9 Å². The highest BCUT2D eigenvalue weighted by Crippen LogP contribution is 2.24. The number of anilines is 1. The molecule has 0 saturated carbocycles. The van der Waals surface area contributed by atoms with Gasteiger partial charge in [-0.2, -0.15) is 0 Å². The van der Waals surface area contributed by atoms with Crippen LogP contribution < -0.4 is 10.5 Å². The van der Waals surface area contributed by atoms with Gasteiger partial charge in [0.25, 0.3) is 5.69 Å². The Hall–Kier alpha value is -3.31. The van der Waals surface area contributed by atoms with Crippen molar-refractivity contribution < 1.29 is 17.7 Å². The maximum absolute atomic E-state index is 14.4. The van der Waals surface area contributed by atoms with Crippen molar-refractivity contribution in [2.75, 3.05) is 5.32 Å². The molecule has 3 aromatic rings. The van der Waals surface area contributed by atoms with Crippen LogP contribution >= 0.6 is 0 Å². The van der Waals surface area contributed by atoms with Crippen LogP contribution in [0.4, 0.5) is 15.8 Å². The number of sulfonamides is 1. The minimum atomic E-state index is -4.12. The SMILES string of the molecule is Cc1nccn1-c1ccc(CNc2cc([N+](=O)[O-])cc(S(N)(=O)=O)c2)cc1F. The van der Waals surface area contributed by atoms with Crippen LogP contribution in [0, 0.1) is 22.9 Å². The maximum Gasteiger partial charge on any atom is 0.272 e. The third-order valence-electron chi connectivity index (χ3n) is 4.02. The highest BCUT2D eigenvalue weighted by Gasteiger charge is 2.16.